The lowest BCUT2D eigenvalue weighted by atomic mass is 10.3. The predicted molar refractivity (Wildman–Crippen MR) is 72.9 cm³/mol. The first-order chi connectivity index (χ1) is 8.16. The molecule has 3 nitrogen and oxygen atoms in total. The lowest BCUT2D eigenvalue weighted by Gasteiger charge is -1.99. The van der Waals surface area contributed by atoms with Crippen LogP contribution in [0.5, 0.6) is 0 Å². The molecular weight excluding hydrogens is 277 g/mol. The van der Waals surface area contributed by atoms with Gasteiger partial charge < -0.3 is 5.73 Å². The molecule has 86 valence electrons. The van der Waals surface area contributed by atoms with E-state index < -0.39 is 0 Å². The number of nitrogen functional groups attached to an aromatic ring is 1. The molecule has 2 N–H and O–H groups in total. The molecule has 3 aromatic rings. The Morgan fingerprint density at radius 1 is 1.35 bits per heavy atom. The van der Waals surface area contributed by atoms with E-state index in [1.165, 1.54) is 0 Å². The summed E-state index contributed by atoms with van der Waals surface area (Å²) in [4.78, 5) is 5.47. The van der Waals surface area contributed by atoms with Gasteiger partial charge in [0.05, 0.1) is 14.9 Å². The van der Waals surface area contributed by atoms with Crippen molar-refractivity contribution in [3.63, 3.8) is 0 Å². The second kappa shape index (κ2) is 3.91. The van der Waals surface area contributed by atoms with E-state index >= 15 is 0 Å². The minimum atomic E-state index is 0.493. The smallest absolute Gasteiger partial charge is 0.158 e. The molecule has 0 unspecified atom stereocenters. The van der Waals surface area contributed by atoms with Gasteiger partial charge in [-0.2, -0.15) is 0 Å². The number of imidazole rings is 1. The maximum Gasteiger partial charge on any atom is 0.158 e. The minimum Gasteiger partial charge on any atom is -0.383 e. The molecule has 0 aliphatic rings. The minimum absolute atomic E-state index is 0.493. The van der Waals surface area contributed by atoms with Crippen LogP contribution in [0.15, 0.2) is 29.8 Å². The molecule has 0 atom stereocenters. The third kappa shape index (κ3) is 1.69. The second-order valence-electron chi connectivity index (χ2n) is 3.52. The Bertz CT molecular complexity index is 688. The van der Waals surface area contributed by atoms with E-state index in [0.717, 1.165) is 10.6 Å². The first kappa shape index (κ1) is 10.9. The number of pyridine rings is 1. The number of thiophene rings is 1. The molecule has 3 heterocycles. The van der Waals surface area contributed by atoms with Crippen molar-refractivity contribution in [2.75, 3.05) is 5.73 Å². The third-order valence-corrected chi connectivity index (χ3v) is 3.79. The van der Waals surface area contributed by atoms with E-state index in [1.807, 2.05) is 17.5 Å². The van der Waals surface area contributed by atoms with Crippen LogP contribution in [-0.4, -0.2) is 9.38 Å². The van der Waals surface area contributed by atoms with Gasteiger partial charge in [-0.15, -0.1) is 11.3 Å². The summed E-state index contributed by atoms with van der Waals surface area (Å²) < 4.78 is 1.71. The molecule has 3 aromatic heterocycles. The zero-order chi connectivity index (χ0) is 12.0. The average molecular weight is 284 g/mol. The van der Waals surface area contributed by atoms with E-state index in [0.29, 0.717) is 21.5 Å². The molecule has 0 saturated carbocycles. The molecule has 0 radical (unpaired) electrons. The number of nitrogens with zero attached hydrogens (tertiary/aromatic N) is 2. The van der Waals surface area contributed by atoms with Gasteiger partial charge in [0.1, 0.15) is 11.5 Å². The summed E-state index contributed by atoms with van der Waals surface area (Å²) in [6.45, 7) is 0. The van der Waals surface area contributed by atoms with E-state index in [-0.39, 0.29) is 0 Å². The molecular formula is C11H7Cl2N3S. The van der Waals surface area contributed by atoms with Gasteiger partial charge in [0, 0.05) is 6.20 Å². The molecule has 0 amide bonds. The zero-order valence-corrected chi connectivity index (χ0v) is 10.9. The Morgan fingerprint density at radius 2 is 2.18 bits per heavy atom. The largest absolute Gasteiger partial charge is 0.383 e. The van der Waals surface area contributed by atoms with Gasteiger partial charge in [0.2, 0.25) is 0 Å². The van der Waals surface area contributed by atoms with Crippen LogP contribution in [0.3, 0.4) is 0 Å². The van der Waals surface area contributed by atoms with Crippen LogP contribution in [0.25, 0.3) is 16.2 Å². The van der Waals surface area contributed by atoms with Gasteiger partial charge in [-0.25, -0.2) is 4.98 Å². The maximum atomic E-state index is 6.09. The number of aromatic nitrogens is 2. The number of rotatable bonds is 1. The van der Waals surface area contributed by atoms with Crippen LogP contribution in [0.2, 0.25) is 10.0 Å². The molecule has 0 bridgehead atoms. The highest BCUT2D eigenvalue weighted by Gasteiger charge is 2.14. The SMILES string of the molecule is Nc1c(-c2cccs2)nc2c(Cl)cc(Cl)cn12. The summed E-state index contributed by atoms with van der Waals surface area (Å²) >= 11 is 13.6. The highest BCUT2D eigenvalue weighted by atomic mass is 35.5. The number of anilines is 1. The number of hydrogen-bond donors (Lipinski definition) is 1. The summed E-state index contributed by atoms with van der Waals surface area (Å²) in [6, 6.07) is 5.58. The normalized spacial score (nSPS) is 11.2. The van der Waals surface area contributed by atoms with Crippen LogP contribution in [0.1, 0.15) is 0 Å². The topological polar surface area (TPSA) is 43.3 Å². The lowest BCUT2D eigenvalue weighted by molar-refractivity contribution is 1.20. The van der Waals surface area contributed by atoms with E-state index in [4.69, 9.17) is 28.9 Å². The zero-order valence-electron chi connectivity index (χ0n) is 8.52. The number of hydrogen-bond acceptors (Lipinski definition) is 3. The van der Waals surface area contributed by atoms with Crippen molar-refractivity contribution in [2.24, 2.45) is 0 Å². The Morgan fingerprint density at radius 3 is 2.88 bits per heavy atom. The van der Waals surface area contributed by atoms with Crippen LogP contribution in [-0.2, 0) is 0 Å². The Kier molecular flexibility index (Phi) is 2.50. The highest BCUT2D eigenvalue weighted by Crippen LogP contribution is 2.33. The van der Waals surface area contributed by atoms with Gasteiger partial charge in [-0.3, -0.25) is 4.40 Å². The van der Waals surface area contributed by atoms with Crippen molar-refractivity contribution >= 4 is 46.0 Å². The lowest BCUT2D eigenvalue weighted by Crippen LogP contribution is -1.93. The van der Waals surface area contributed by atoms with Crippen molar-refractivity contribution < 1.29 is 0 Å². The van der Waals surface area contributed by atoms with Gasteiger partial charge in [0.25, 0.3) is 0 Å². The molecule has 0 spiro atoms. The Balaban J connectivity index is 2.36. The molecule has 0 aliphatic carbocycles. The quantitative estimate of drug-likeness (QED) is 0.735. The maximum absolute atomic E-state index is 6.09. The molecule has 3 rings (SSSR count). The fraction of sp³-hybridized carbons (Fsp3) is 0. The molecule has 6 heteroatoms. The van der Waals surface area contributed by atoms with Crippen molar-refractivity contribution in [3.8, 4) is 10.6 Å². The standard InChI is InChI=1S/C11H7Cl2N3S/c12-6-4-7(13)11-15-9(8-2-1-3-17-8)10(14)16(11)5-6/h1-5H,14H2. The predicted octanol–water partition coefficient (Wildman–Crippen LogP) is 3.95. The van der Waals surface area contributed by atoms with Crippen molar-refractivity contribution in [2.45, 2.75) is 0 Å². The van der Waals surface area contributed by atoms with E-state index in [9.17, 15) is 0 Å². The van der Waals surface area contributed by atoms with Crippen LogP contribution < -0.4 is 5.73 Å². The molecule has 0 aliphatic heterocycles. The van der Waals surface area contributed by atoms with E-state index in [2.05, 4.69) is 4.98 Å². The number of fused-ring (bicyclic) bond motifs is 1. The van der Waals surface area contributed by atoms with Crippen LogP contribution in [0, 0.1) is 0 Å². The summed E-state index contributed by atoms with van der Waals surface area (Å²) in [6.07, 6.45) is 1.71. The Hall–Kier alpha value is -1.23. The molecule has 0 aromatic carbocycles. The number of halogens is 2. The summed E-state index contributed by atoms with van der Waals surface area (Å²) in [5.41, 5.74) is 7.42. The average Bonchev–Trinajstić information content (AvgIpc) is 2.87. The number of nitrogens with two attached hydrogens (primary N) is 1. The summed E-state index contributed by atoms with van der Waals surface area (Å²) in [7, 11) is 0. The Labute approximate surface area is 111 Å². The van der Waals surface area contributed by atoms with Crippen molar-refractivity contribution in [3.05, 3.63) is 39.8 Å². The van der Waals surface area contributed by atoms with Crippen LogP contribution in [0.4, 0.5) is 5.82 Å². The fourth-order valence-corrected chi connectivity index (χ4v) is 2.92. The highest BCUT2D eigenvalue weighted by molar-refractivity contribution is 7.13. The summed E-state index contributed by atoms with van der Waals surface area (Å²) in [5.74, 6) is 0.548. The first-order valence-corrected chi connectivity index (χ1v) is 6.47. The van der Waals surface area contributed by atoms with Crippen molar-refractivity contribution in [1.82, 2.24) is 9.38 Å². The molecule has 0 fully saturated rings. The fourth-order valence-electron chi connectivity index (χ4n) is 1.69. The van der Waals surface area contributed by atoms with Crippen molar-refractivity contribution in [1.29, 1.82) is 0 Å². The summed E-state index contributed by atoms with van der Waals surface area (Å²) in [5, 5.41) is 3.00. The first-order valence-electron chi connectivity index (χ1n) is 4.83. The van der Waals surface area contributed by atoms with Gasteiger partial charge in [-0.1, -0.05) is 29.3 Å². The second-order valence-corrected chi connectivity index (χ2v) is 5.31. The molecule has 0 saturated heterocycles. The van der Waals surface area contributed by atoms with Gasteiger partial charge in [-0.05, 0) is 17.5 Å². The monoisotopic (exact) mass is 283 g/mol. The molecule has 17 heavy (non-hydrogen) atoms. The van der Waals surface area contributed by atoms with Gasteiger partial charge in [0.15, 0.2) is 5.65 Å². The van der Waals surface area contributed by atoms with Gasteiger partial charge >= 0.3 is 0 Å². The van der Waals surface area contributed by atoms with E-state index in [1.54, 1.807) is 28.0 Å². The third-order valence-electron chi connectivity index (χ3n) is 2.43. The van der Waals surface area contributed by atoms with Crippen LogP contribution >= 0.6 is 34.5 Å².